The van der Waals surface area contributed by atoms with Crippen LogP contribution in [0.4, 0.5) is 25.0 Å². The van der Waals surface area contributed by atoms with Crippen LogP contribution in [0.1, 0.15) is 231 Å². The lowest BCUT2D eigenvalue weighted by molar-refractivity contribution is -0.135. The number of nitrogens with one attached hydrogen (secondary N) is 4. The maximum atomic E-state index is 13.7. The van der Waals surface area contributed by atoms with Crippen LogP contribution in [-0.4, -0.2) is 148 Å². The highest BCUT2D eigenvalue weighted by molar-refractivity contribution is 6.11. The third-order valence-electron chi connectivity index (χ3n) is 18.0. The van der Waals surface area contributed by atoms with Gasteiger partial charge in [0.2, 0.25) is 11.5 Å². The molecule has 5 amide bonds. The summed E-state index contributed by atoms with van der Waals surface area (Å²) in [5.41, 5.74) is 4.16. The lowest BCUT2D eigenvalue weighted by atomic mass is 9.84. The van der Waals surface area contributed by atoms with E-state index in [2.05, 4.69) is 79.3 Å². The second kappa shape index (κ2) is 65.3. The van der Waals surface area contributed by atoms with Crippen molar-refractivity contribution in [1.29, 1.82) is 0 Å². The van der Waals surface area contributed by atoms with Crippen LogP contribution < -0.4 is 40.5 Å². The van der Waals surface area contributed by atoms with Crippen molar-refractivity contribution in [2.24, 2.45) is 23.7 Å². The fourth-order valence-corrected chi connectivity index (χ4v) is 11.5. The van der Waals surface area contributed by atoms with Crippen molar-refractivity contribution in [2.45, 2.75) is 218 Å². The van der Waals surface area contributed by atoms with Crippen molar-refractivity contribution in [3.63, 3.8) is 0 Å². The maximum Gasteiger partial charge on any atom is 0.410 e. The van der Waals surface area contributed by atoms with E-state index >= 15 is 0 Å². The van der Waals surface area contributed by atoms with Crippen molar-refractivity contribution >= 4 is 41.1 Å². The number of methoxy groups -OCH3 is 4. The van der Waals surface area contributed by atoms with E-state index in [1.165, 1.54) is 72.1 Å². The van der Waals surface area contributed by atoms with Crippen LogP contribution in [0, 0.1) is 55.7 Å². The molecule has 116 heavy (non-hydrogen) atoms. The molecule has 4 aliphatic rings. The number of amides is 5. The third kappa shape index (κ3) is 40.9. The summed E-state index contributed by atoms with van der Waals surface area (Å²) >= 11 is 0. The van der Waals surface area contributed by atoms with Crippen LogP contribution in [0.3, 0.4) is 0 Å². The number of hydrogen-bond donors (Lipinski definition) is 4. The van der Waals surface area contributed by atoms with E-state index in [0.29, 0.717) is 94.2 Å². The standard InChI is InChI=1S/C20H21F2NO3.C20H20N2O2.C15H23NO2.C10H13NO2.C7H15N.C5H11NO2.C5H11N.C5H12.8CH4/c1-13-5-6-18-17(9-13)23(7-4-8-25-3)19(24)20(2,26-18)14-10-15(21)12-16(22)11-14;1-15-10-11-17-18(14-15)22(12-7-13-24-3)19(23)20(17,21-2)16-8-5-4-6-9-16;1-4-18-15(17)16(11-10-13(2)3)12-14-8-6-5-7-9-14;1-3-11-10(12)8-5-4-6-9(7-8)13-2;1-7-4-2-3-5-8-6-7;1-5(7)6-3-4-8-2;1-5-2-3-6-4-5;1-4-5(2)3;;;;;;;;/h5-6,9-12H,4,7-8H2,1-3H3;4-6,8-11,14H,7,12-13H2,1,3H3;5-9,13H,4,10-12H2,1-3H3;4-7H,3H2,1-2H3,(H,11,12);7-8H,2-6H2,1H3;3-4H2,1-2H3,(H,6,7);5-6H,2-4H2,1H3;5H,4H2,1-3H3;8*1H4. The van der Waals surface area contributed by atoms with Gasteiger partial charge in [-0.3, -0.25) is 24.0 Å². The van der Waals surface area contributed by atoms with Gasteiger partial charge >= 0.3 is 17.5 Å². The molecule has 2 saturated heterocycles. The molecule has 10 rings (SSSR count). The van der Waals surface area contributed by atoms with Crippen molar-refractivity contribution in [1.82, 2.24) is 26.2 Å². The molecule has 0 spiro atoms. The number of anilines is 2. The van der Waals surface area contributed by atoms with Crippen LogP contribution in [0.5, 0.6) is 11.5 Å². The topological polar surface area (TPSA) is 203 Å². The number of aryl methyl sites for hydroxylation is 2. The Labute approximate surface area is 703 Å². The highest BCUT2D eigenvalue weighted by Gasteiger charge is 2.59. The first-order valence-electron chi connectivity index (χ1n) is 38.2. The Morgan fingerprint density at radius 1 is 0.638 bits per heavy atom. The van der Waals surface area contributed by atoms with Gasteiger partial charge in [-0.25, -0.2) is 20.1 Å². The van der Waals surface area contributed by atoms with Crippen molar-refractivity contribution < 1.29 is 61.2 Å². The highest BCUT2D eigenvalue weighted by Crippen LogP contribution is 2.48. The third-order valence-corrected chi connectivity index (χ3v) is 18.0. The molecule has 4 N–H and O–H groups in total. The summed E-state index contributed by atoms with van der Waals surface area (Å²) in [4.78, 5) is 68.9. The van der Waals surface area contributed by atoms with Crippen LogP contribution in [0.25, 0.3) is 4.85 Å². The Bertz CT molecular complexity index is 3610. The summed E-state index contributed by atoms with van der Waals surface area (Å²) in [6.45, 7) is 44.7. The molecule has 0 bridgehead atoms. The molecule has 4 heterocycles. The van der Waals surface area contributed by atoms with Gasteiger partial charge in [-0.2, -0.15) is 0 Å². The number of carbonyl (C=O) groups excluding carboxylic acids is 5. The van der Waals surface area contributed by atoms with Crippen molar-refractivity contribution in [3.8, 4) is 11.5 Å². The zero-order valence-electron chi connectivity index (χ0n) is 67.7. The number of hydrogen-bond acceptors (Lipinski definition) is 13. The lowest BCUT2D eigenvalue weighted by Gasteiger charge is -2.41. The first kappa shape index (κ1) is 118. The molecule has 4 aliphatic heterocycles. The van der Waals surface area contributed by atoms with Gasteiger partial charge in [0.1, 0.15) is 23.1 Å². The Kier molecular flexibility index (Phi) is 66.4. The number of rotatable bonds is 23. The minimum absolute atomic E-state index is 0. The van der Waals surface area contributed by atoms with E-state index in [-0.39, 0.29) is 94.7 Å². The van der Waals surface area contributed by atoms with E-state index in [0.717, 1.165) is 88.8 Å². The van der Waals surface area contributed by atoms with E-state index < -0.39 is 22.8 Å². The predicted molar refractivity (Wildman–Crippen MR) is 485 cm³/mol. The minimum Gasteiger partial charge on any atom is -0.497 e. The number of ether oxygens (including phenoxy) is 6. The largest absolute Gasteiger partial charge is 0.497 e. The number of carbonyl (C=O) groups is 5. The molecule has 0 radical (unpaired) electrons. The van der Waals surface area contributed by atoms with Gasteiger partial charge in [0, 0.05) is 97.9 Å². The molecule has 6 aromatic carbocycles. The smallest absolute Gasteiger partial charge is 0.410 e. The van der Waals surface area contributed by atoms with E-state index in [1.807, 2.05) is 125 Å². The van der Waals surface area contributed by atoms with Crippen LogP contribution in [0.2, 0.25) is 0 Å². The van der Waals surface area contributed by atoms with Crippen LogP contribution in [-0.2, 0) is 51.0 Å². The summed E-state index contributed by atoms with van der Waals surface area (Å²) < 4.78 is 58.4. The van der Waals surface area contributed by atoms with Gasteiger partial charge in [-0.05, 0) is 206 Å². The minimum atomic E-state index is -1.52. The molecular weight excluding hydrogens is 1470 g/mol. The van der Waals surface area contributed by atoms with Gasteiger partial charge in [-0.1, -0.05) is 187 Å². The lowest BCUT2D eigenvalue weighted by Crippen LogP contribution is -2.52. The number of fused-ring (bicyclic) bond motifs is 2. The molecule has 4 atom stereocenters. The molecule has 0 aliphatic carbocycles. The first-order valence-corrected chi connectivity index (χ1v) is 38.2. The molecule has 6 aromatic rings. The maximum absolute atomic E-state index is 13.7. The number of benzene rings is 6. The summed E-state index contributed by atoms with van der Waals surface area (Å²) in [5.74, 6) is 2.40. The molecule has 0 saturated carbocycles. The SMILES string of the molecule is C.C.C.C.C.C.C.C.CC1CCCCNC1.CC1CCNC1.CCC(C)C.CCNC(=O)c1cccc(OC)c1.CCOC(=O)N(CCC(C)C)Cc1ccccc1.COCCCN1C(=O)C(C)(c2cc(F)cc(F)c2)Oc2ccc(C)cc21.COCCNC(C)=O.[C-]#[N+]C1(c2ccccc2)C(=O)N(CCCOC)c2cc(C)ccc21. The summed E-state index contributed by atoms with van der Waals surface area (Å²) in [6, 6.07) is 40.9. The highest BCUT2D eigenvalue weighted by atomic mass is 19.1. The molecule has 658 valence electrons. The zero-order chi connectivity index (χ0) is 80.0. The second-order valence-electron chi connectivity index (χ2n) is 28.1. The van der Waals surface area contributed by atoms with E-state index in [1.54, 1.807) is 67.4 Å². The fraction of sp³-hybridized carbons (Fsp3) is 0.558. The quantitative estimate of drug-likeness (QED) is 0.0349. The summed E-state index contributed by atoms with van der Waals surface area (Å²) in [6.07, 6.45) is 9.04. The second-order valence-corrected chi connectivity index (χ2v) is 28.1. The molecule has 4 unspecified atom stereocenters. The molecule has 21 heteroatoms. The van der Waals surface area contributed by atoms with Gasteiger partial charge in [0.25, 0.3) is 11.8 Å². The van der Waals surface area contributed by atoms with Gasteiger partial charge < -0.3 is 64.4 Å². The summed E-state index contributed by atoms with van der Waals surface area (Å²) in [5, 5.41) is 12.0. The van der Waals surface area contributed by atoms with Gasteiger partial charge in [0.05, 0.1) is 42.8 Å². The van der Waals surface area contributed by atoms with Crippen molar-refractivity contribution in [2.75, 3.05) is 124 Å². The first-order chi connectivity index (χ1) is 51.7. The molecule has 2 fully saturated rings. The molecule has 0 aromatic heterocycles. The normalized spacial score (nSPS) is 16.0. The number of halogens is 2. The Balaban J connectivity index is -0.000000312. The Morgan fingerprint density at radius 3 is 1.66 bits per heavy atom. The number of nitrogens with zero attached hydrogens (tertiary/aromatic N) is 4. The Morgan fingerprint density at radius 2 is 1.17 bits per heavy atom. The van der Waals surface area contributed by atoms with Crippen LogP contribution in [0.15, 0.2) is 140 Å². The fourth-order valence-electron chi connectivity index (χ4n) is 11.5. The molecule has 19 nitrogen and oxygen atoms in total. The summed E-state index contributed by atoms with van der Waals surface area (Å²) in [7, 11) is 6.43. The van der Waals surface area contributed by atoms with E-state index in [4.69, 9.17) is 30.3 Å². The van der Waals surface area contributed by atoms with Crippen LogP contribution >= 0.6 is 0 Å². The average molecular weight is 1630 g/mol. The van der Waals surface area contributed by atoms with Gasteiger partial charge in [0.15, 0.2) is 0 Å². The zero-order valence-corrected chi connectivity index (χ0v) is 67.7. The van der Waals surface area contributed by atoms with Crippen molar-refractivity contribution in [3.05, 3.63) is 202 Å². The van der Waals surface area contributed by atoms with Gasteiger partial charge in [-0.15, -0.1) is 0 Å². The van der Waals surface area contributed by atoms with E-state index in [9.17, 15) is 32.8 Å². The average Bonchev–Trinajstić information content (AvgIpc) is 1.51. The predicted octanol–water partition coefficient (Wildman–Crippen LogP) is 21.5. The Hall–Kier alpha value is -8.78. The monoisotopic (exact) mass is 1630 g/mol. The molecular formula is C95H158F2N8O11.